The van der Waals surface area contributed by atoms with Crippen molar-refractivity contribution in [2.45, 2.75) is 51.5 Å². The van der Waals surface area contributed by atoms with Crippen LogP contribution >= 0.6 is 0 Å². The Morgan fingerprint density at radius 3 is 2.64 bits per heavy atom. The van der Waals surface area contributed by atoms with Crippen molar-refractivity contribution in [2.24, 2.45) is 5.92 Å². The zero-order chi connectivity index (χ0) is 17.6. The van der Waals surface area contributed by atoms with E-state index in [1.54, 1.807) is 0 Å². The van der Waals surface area contributed by atoms with Crippen LogP contribution in [-0.4, -0.2) is 28.6 Å². The number of nitrogens with one attached hydrogen (secondary N) is 1. The molecule has 1 aliphatic rings. The molecule has 25 heavy (non-hydrogen) atoms. The molecular formula is C20H26N2O3. The molecule has 1 aromatic carbocycles. The molecule has 5 heteroatoms. The van der Waals surface area contributed by atoms with Gasteiger partial charge in [-0.05, 0) is 38.5 Å². The van der Waals surface area contributed by atoms with Crippen LogP contribution in [0.4, 0.5) is 0 Å². The van der Waals surface area contributed by atoms with E-state index in [0.29, 0.717) is 24.7 Å². The Labute approximate surface area is 148 Å². The Kier molecular flexibility index (Phi) is 5.87. The number of aromatic nitrogens is 1. The maximum absolute atomic E-state index is 12.2. The summed E-state index contributed by atoms with van der Waals surface area (Å²) >= 11 is 0. The standard InChI is InChI=1S/C20H26N2O3/c1-14-20(16-5-3-2-4-6-16)25-19(21-14)12-11-18(24)22-17-9-7-15(13-23)8-10-17/h2-6,15,17,23H,7-13H2,1H3,(H,22,24). The van der Waals surface area contributed by atoms with Crippen molar-refractivity contribution in [3.63, 3.8) is 0 Å². The van der Waals surface area contributed by atoms with E-state index in [1.807, 2.05) is 37.3 Å². The topological polar surface area (TPSA) is 75.4 Å². The van der Waals surface area contributed by atoms with Gasteiger partial charge in [-0.3, -0.25) is 4.79 Å². The molecule has 0 aliphatic heterocycles. The predicted octanol–water partition coefficient (Wildman–Crippen LogP) is 3.25. The van der Waals surface area contributed by atoms with Crippen LogP contribution in [0.2, 0.25) is 0 Å². The van der Waals surface area contributed by atoms with Gasteiger partial charge in [-0.25, -0.2) is 4.98 Å². The summed E-state index contributed by atoms with van der Waals surface area (Å²) in [5.74, 6) is 1.83. The third-order valence-corrected chi connectivity index (χ3v) is 4.91. The van der Waals surface area contributed by atoms with E-state index in [9.17, 15) is 9.90 Å². The molecule has 0 unspecified atom stereocenters. The van der Waals surface area contributed by atoms with Gasteiger partial charge in [-0.2, -0.15) is 0 Å². The summed E-state index contributed by atoms with van der Waals surface area (Å²) in [4.78, 5) is 16.6. The SMILES string of the molecule is Cc1nc(CCC(=O)NC2CCC(CO)CC2)oc1-c1ccccc1. The molecule has 0 spiro atoms. The molecular weight excluding hydrogens is 316 g/mol. The monoisotopic (exact) mass is 342 g/mol. The normalized spacial score (nSPS) is 20.4. The van der Waals surface area contributed by atoms with Crippen LogP contribution in [0.5, 0.6) is 0 Å². The third-order valence-electron chi connectivity index (χ3n) is 4.91. The molecule has 1 aliphatic carbocycles. The van der Waals surface area contributed by atoms with Gasteiger partial charge in [0.05, 0.1) is 5.69 Å². The molecule has 5 nitrogen and oxygen atoms in total. The number of aliphatic hydroxyl groups excluding tert-OH is 1. The third kappa shape index (κ3) is 4.69. The molecule has 2 aromatic rings. The Hall–Kier alpha value is -2.14. The number of aliphatic hydroxyl groups is 1. The molecule has 1 heterocycles. The number of oxazole rings is 1. The van der Waals surface area contributed by atoms with Crippen molar-refractivity contribution in [1.82, 2.24) is 10.3 Å². The van der Waals surface area contributed by atoms with Crippen LogP contribution in [0.3, 0.4) is 0 Å². The Balaban J connectivity index is 1.50. The second-order valence-electron chi connectivity index (χ2n) is 6.86. The minimum absolute atomic E-state index is 0.0459. The lowest BCUT2D eigenvalue weighted by Crippen LogP contribution is -2.38. The summed E-state index contributed by atoms with van der Waals surface area (Å²) in [6.07, 6.45) is 4.77. The van der Waals surface area contributed by atoms with Crippen LogP contribution in [-0.2, 0) is 11.2 Å². The molecule has 0 radical (unpaired) electrons. The molecule has 0 atom stereocenters. The highest BCUT2D eigenvalue weighted by Gasteiger charge is 2.22. The molecule has 1 aromatic heterocycles. The van der Waals surface area contributed by atoms with Gasteiger partial charge in [-0.1, -0.05) is 30.3 Å². The van der Waals surface area contributed by atoms with Crippen LogP contribution in [0.15, 0.2) is 34.7 Å². The minimum Gasteiger partial charge on any atom is -0.440 e. The largest absolute Gasteiger partial charge is 0.440 e. The number of nitrogens with zero attached hydrogens (tertiary/aromatic N) is 1. The summed E-state index contributed by atoms with van der Waals surface area (Å²) in [6.45, 7) is 2.18. The predicted molar refractivity (Wildman–Crippen MR) is 96.0 cm³/mol. The van der Waals surface area contributed by atoms with Crippen molar-refractivity contribution >= 4 is 5.91 Å². The highest BCUT2D eigenvalue weighted by atomic mass is 16.4. The first-order valence-electron chi connectivity index (χ1n) is 9.07. The smallest absolute Gasteiger partial charge is 0.220 e. The molecule has 0 bridgehead atoms. The van der Waals surface area contributed by atoms with Crippen molar-refractivity contribution in [1.29, 1.82) is 0 Å². The highest BCUT2D eigenvalue weighted by Crippen LogP contribution is 2.25. The molecule has 0 saturated heterocycles. The summed E-state index contributed by atoms with van der Waals surface area (Å²) in [5, 5.41) is 12.3. The van der Waals surface area contributed by atoms with Gasteiger partial charge in [0.15, 0.2) is 11.7 Å². The average molecular weight is 342 g/mol. The molecule has 1 saturated carbocycles. The highest BCUT2D eigenvalue weighted by molar-refractivity contribution is 5.76. The Bertz CT molecular complexity index is 688. The quantitative estimate of drug-likeness (QED) is 0.845. The number of carbonyl (C=O) groups is 1. The molecule has 134 valence electrons. The maximum atomic E-state index is 12.2. The van der Waals surface area contributed by atoms with Crippen molar-refractivity contribution in [3.8, 4) is 11.3 Å². The number of rotatable bonds is 6. The van der Waals surface area contributed by atoms with Crippen LogP contribution in [0, 0.1) is 12.8 Å². The molecule has 1 fully saturated rings. The lowest BCUT2D eigenvalue weighted by molar-refractivity contribution is -0.122. The number of benzene rings is 1. The van der Waals surface area contributed by atoms with E-state index >= 15 is 0 Å². The first kappa shape index (κ1) is 17.7. The first-order chi connectivity index (χ1) is 12.2. The van der Waals surface area contributed by atoms with E-state index in [0.717, 1.165) is 42.7 Å². The van der Waals surface area contributed by atoms with Gasteiger partial charge < -0.3 is 14.8 Å². The maximum Gasteiger partial charge on any atom is 0.220 e. The number of aryl methyl sites for hydroxylation is 2. The molecule has 2 N–H and O–H groups in total. The number of amides is 1. The van der Waals surface area contributed by atoms with Crippen molar-refractivity contribution in [3.05, 3.63) is 41.9 Å². The number of hydrogen-bond acceptors (Lipinski definition) is 4. The molecule has 1 amide bonds. The van der Waals surface area contributed by atoms with Crippen molar-refractivity contribution < 1.29 is 14.3 Å². The van der Waals surface area contributed by atoms with E-state index in [-0.39, 0.29) is 18.6 Å². The van der Waals surface area contributed by atoms with Crippen LogP contribution < -0.4 is 5.32 Å². The Morgan fingerprint density at radius 2 is 1.96 bits per heavy atom. The summed E-state index contributed by atoms with van der Waals surface area (Å²) < 4.78 is 5.85. The van der Waals surface area contributed by atoms with Gasteiger partial charge in [-0.15, -0.1) is 0 Å². The lowest BCUT2D eigenvalue weighted by atomic mass is 9.86. The summed E-state index contributed by atoms with van der Waals surface area (Å²) in [5.41, 5.74) is 1.85. The summed E-state index contributed by atoms with van der Waals surface area (Å²) in [7, 11) is 0. The van der Waals surface area contributed by atoms with Gasteiger partial charge in [0.25, 0.3) is 0 Å². The lowest BCUT2D eigenvalue weighted by Gasteiger charge is -2.27. The van der Waals surface area contributed by atoms with Crippen LogP contribution in [0.1, 0.15) is 43.7 Å². The van der Waals surface area contributed by atoms with E-state index < -0.39 is 0 Å². The fraction of sp³-hybridized carbons (Fsp3) is 0.500. The van der Waals surface area contributed by atoms with Gasteiger partial charge >= 0.3 is 0 Å². The number of carbonyl (C=O) groups excluding carboxylic acids is 1. The first-order valence-corrected chi connectivity index (χ1v) is 9.07. The van der Waals surface area contributed by atoms with Gasteiger partial charge in [0.2, 0.25) is 5.91 Å². The van der Waals surface area contributed by atoms with E-state index in [2.05, 4.69) is 10.3 Å². The number of hydrogen-bond donors (Lipinski definition) is 2. The zero-order valence-corrected chi connectivity index (χ0v) is 14.7. The second kappa shape index (κ2) is 8.30. The van der Waals surface area contributed by atoms with Crippen molar-refractivity contribution in [2.75, 3.05) is 6.61 Å². The van der Waals surface area contributed by atoms with Gasteiger partial charge in [0.1, 0.15) is 0 Å². The van der Waals surface area contributed by atoms with E-state index in [1.165, 1.54) is 0 Å². The van der Waals surface area contributed by atoms with E-state index in [4.69, 9.17) is 4.42 Å². The summed E-state index contributed by atoms with van der Waals surface area (Å²) in [6, 6.07) is 10.1. The fourth-order valence-corrected chi connectivity index (χ4v) is 3.43. The van der Waals surface area contributed by atoms with Gasteiger partial charge in [0, 0.05) is 31.1 Å². The minimum atomic E-state index is 0.0459. The fourth-order valence-electron chi connectivity index (χ4n) is 3.43. The average Bonchev–Trinajstić information content (AvgIpc) is 3.02. The molecule has 3 rings (SSSR count). The Morgan fingerprint density at radius 1 is 1.24 bits per heavy atom. The second-order valence-corrected chi connectivity index (χ2v) is 6.86. The van der Waals surface area contributed by atoms with Crippen LogP contribution in [0.25, 0.3) is 11.3 Å². The zero-order valence-electron chi connectivity index (χ0n) is 14.7.